The lowest BCUT2D eigenvalue weighted by Gasteiger charge is -2.32. The second-order valence-electron chi connectivity index (χ2n) is 4.42. The predicted molar refractivity (Wildman–Crippen MR) is 66.2 cm³/mol. The number of hydrogen-bond donors (Lipinski definition) is 4. The SMILES string of the molecule is CC(N)(C(F)F)C(NC(=O)c1ccccc1)C(=O)NO. The average molecular weight is 287 g/mol. The maximum Gasteiger partial charge on any atom is 0.268 e. The van der Waals surface area contributed by atoms with E-state index in [0.29, 0.717) is 0 Å². The minimum absolute atomic E-state index is 0.174. The summed E-state index contributed by atoms with van der Waals surface area (Å²) in [5.74, 6) is -1.98. The molecule has 0 aliphatic heterocycles. The second-order valence-corrected chi connectivity index (χ2v) is 4.42. The van der Waals surface area contributed by atoms with Crippen LogP contribution in [0, 0.1) is 0 Å². The van der Waals surface area contributed by atoms with Gasteiger partial charge in [0.15, 0.2) is 0 Å². The first-order valence-corrected chi connectivity index (χ1v) is 5.67. The molecule has 2 amide bonds. The lowest BCUT2D eigenvalue weighted by Crippen LogP contribution is -2.66. The van der Waals surface area contributed by atoms with Crippen LogP contribution in [0.5, 0.6) is 0 Å². The van der Waals surface area contributed by atoms with E-state index in [2.05, 4.69) is 5.32 Å². The van der Waals surface area contributed by atoms with Gasteiger partial charge in [0.05, 0.1) is 0 Å². The molecule has 20 heavy (non-hydrogen) atoms. The zero-order valence-electron chi connectivity index (χ0n) is 10.6. The third-order valence-corrected chi connectivity index (χ3v) is 2.78. The van der Waals surface area contributed by atoms with E-state index in [9.17, 15) is 18.4 Å². The molecule has 1 aromatic carbocycles. The molecule has 0 aromatic heterocycles. The van der Waals surface area contributed by atoms with Gasteiger partial charge in [0.25, 0.3) is 18.2 Å². The van der Waals surface area contributed by atoms with Gasteiger partial charge in [-0.15, -0.1) is 0 Å². The van der Waals surface area contributed by atoms with Crippen LogP contribution in [0.25, 0.3) is 0 Å². The molecule has 0 bridgehead atoms. The molecule has 0 aliphatic rings. The quantitative estimate of drug-likeness (QED) is 0.461. The van der Waals surface area contributed by atoms with Gasteiger partial charge in [-0.3, -0.25) is 14.8 Å². The first-order valence-electron chi connectivity index (χ1n) is 5.67. The molecule has 2 unspecified atom stereocenters. The van der Waals surface area contributed by atoms with E-state index < -0.39 is 29.8 Å². The van der Waals surface area contributed by atoms with Crippen LogP contribution in [0.1, 0.15) is 17.3 Å². The van der Waals surface area contributed by atoms with Gasteiger partial charge >= 0.3 is 0 Å². The highest BCUT2D eigenvalue weighted by atomic mass is 19.3. The van der Waals surface area contributed by atoms with Crippen LogP contribution in [-0.4, -0.2) is 35.0 Å². The van der Waals surface area contributed by atoms with Crippen molar-refractivity contribution < 1.29 is 23.6 Å². The molecular weight excluding hydrogens is 272 g/mol. The van der Waals surface area contributed by atoms with Crippen LogP contribution < -0.4 is 16.5 Å². The van der Waals surface area contributed by atoms with Crippen LogP contribution in [0.2, 0.25) is 0 Å². The lowest BCUT2D eigenvalue weighted by molar-refractivity contribution is -0.134. The minimum atomic E-state index is -3.08. The van der Waals surface area contributed by atoms with Gasteiger partial charge in [-0.05, 0) is 19.1 Å². The van der Waals surface area contributed by atoms with Gasteiger partial charge in [-0.1, -0.05) is 18.2 Å². The maximum absolute atomic E-state index is 12.9. The average Bonchev–Trinajstić information content (AvgIpc) is 2.44. The number of hydrogen-bond acceptors (Lipinski definition) is 4. The highest BCUT2D eigenvalue weighted by molar-refractivity contribution is 5.97. The summed E-state index contributed by atoms with van der Waals surface area (Å²) in [6.45, 7) is 0.906. The number of nitrogens with two attached hydrogens (primary N) is 1. The Bertz CT molecular complexity index is 480. The Kier molecular flexibility index (Phi) is 5.12. The van der Waals surface area contributed by atoms with Crippen molar-refractivity contribution >= 4 is 11.8 Å². The fourth-order valence-corrected chi connectivity index (χ4v) is 1.50. The van der Waals surface area contributed by atoms with Crippen molar-refractivity contribution in [1.29, 1.82) is 0 Å². The summed E-state index contributed by atoms with van der Waals surface area (Å²) >= 11 is 0. The van der Waals surface area contributed by atoms with E-state index in [1.54, 1.807) is 18.2 Å². The lowest BCUT2D eigenvalue weighted by atomic mass is 9.93. The van der Waals surface area contributed by atoms with Crippen LogP contribution >= 0.6 is 0 Å². The van der Waals surface area contributed by atoms with E-state index in [1.807, 2.05) is 0 Å². The van der Waals surface area contributed by atoms with Crippen LogP contribution in [-0.2, 0) is 4.79 Å². The highest BCUT2D eigenvalue weighted by Crippen LogP contribution is 2.17. The summed E-state index contributed by atoms with van der Waals surface area (Å²) in [6, 6.07) is 5.91. The zero-order valence-corrected chi connectivity index (χ0v) is 10.6. The van der Waals surface area contributed by atoms with Crippen molar-refractivity contribution in [3.63, 3.8) is 0 Å². The fourth-order valence-electron chi connectivity index (χ4n) is 1.50. The molecule has 0 radical (unpaired) electrons. The number of halogens is 2. The molecule has 2 atom stereocenters. The van der Waals surface area contributed by atoms with Crippen molar-refractivity contribution in [1.82, 2.24) is 10.8 Å². The standard InChI is InChI=1S/C12H15F2N3O3/c1-12(15,11(13)14)8(10(19)17-20)16-9(18)7-5-3-2-4-6-7/h2-6,8,11,20H,15H2,1H3,(H,16,18)(H,17,19). The Labute approximate surface area is 113 Å². The third kappa shape index (κ3) is 3.49. The zero-order chi connectivity index (χ0) is 15.3. The molecule has 0 saturated heterocycles. The predicted octanol–water partition coefficient (Wildman–Crippen LogP) is 0.273. The van der Waals surface area contributed by atoms with Crippen molar-refractivity contribution in [2.24, 2.45) is 5.73 Å². The highest BCUT2D eigenvalue weighted by Gasteiger charge is 2.44. The number of rotatable bonds is 5. The number of benzene rings is 1. The number of amides is 2. The Balaban J connectivity index is 2.97. The normalized spacial score (nSPS) is 15.3. The Morgan fingerprint density at radius 2 is 1.85 bits per heavy atom. The van der Waals surface area contributed by atoms with Crippen LogP contribution in [0.15, 0.2) is 30.3 Å². The number of alkyl halides is 2. The number of carbonyl (C=O) groups excluding carboxylic acids is 2. The monoisotopic (exact) mass is 287 g/mol. The first kappa shape index (κ1) is 16.0. The summed E-state index contributed by atoms with van der Waals surface area (Å²) in [6.07, 6.45) is -3.08. The molecule has 0 aliphatic carbocycles. The van der Waals surface area contributed by atoms with E-state index in [4.69, 9.17) is 10.9 Å². The molecule has 1 aromatic rings. The second kappa shape index (κ2) is 6.40. The van der Waals surface area contributed by atoms with E-state index in [0.717, 1.165) is 6.92 Å². The summed E-state index contributed by atoms with van der Waals surface area (Å²) in [4.78, 5) is 23.3. The Hall–Kier alpha value is -2.06. The molecule has 0 heterocycles. The van der Waals surface area contributed by atoms with Crippen molar-refractivity contribution in [3.05, 3.63) is 35.9 Å². The van der Waals surface area contributed by atoms with E-state index >= 15 is 0 Å². The van der Waals surface area contributed by atoms with Gasteiger partial charge in [0.1, 0.15) is 11.6 Å². The largest absolute Gasteiger partial charge is 0.338 e. The molecule has 8 heteroatoms. The minimum Gasteiger partial charge on any atom is -0.338 e. The van der Waals surface area contributed by atoms with Crippen molar-refractivity contribution in [2.75, 3.05) is 0 Å². The van der Waals surface area contributed by atoms with Crippen molar-refractivity contribution in [2.45, 2.75) is 24.9 Å². The number of nitrogens with one attached hydrogen (secondary N) is 2. The van der Waals surface area contributed by atoms with Crippen LogP contribution in [0.4, 0.5) is 8.78 Å². The van der Waals surface area contributed by atoms with Gasteiger partial charge in [0, 0.05) is 5.56 Å². The molecule has 0 saturated carbocycles. The number of carbonyl (C=O) groups is 2. The molecule has 0 fully saturated rings. The first-order chi connectivity index (χ1) is 9.30. The van der Waals surface area contributed by atoms with E-state index in [-0.39, 0.29) is 5.56 Å². The molecule has 5 N–H and O–H groups in total. The molecule has 110 valence electrons. The molecule has 1 rings (SSSR count). The van der Waals surface area contributed by atoms with Gasteiger partial charge in [-0.25, -0.2) is 14.3 Å². The Morgan fingerprint density at radius 3 is 2.30 bits per heavy atom. The maximum atomic E-state index is 12.9. The summed E-state index contributed by atoms with van der Waals surface area (Å²) < 4.78 is 25.7. The fraction of sp³-hybridized carbons (Fsp3) is 0.333. The van der Waals surface area contributed by atoms with Gasteiger partial charge in [0.2, 0.25) is 0 Å². The molecular formula is C12H15F2N3O3. The summed E-state index contributed by atoms with van der Waals surface area (Å²) in [5, 5.41) is 10.7. The molecule has 6 nitrogen and oxygen atoms in total. The smallest absolute Gasteiger partial charge is 0.268 e. The van der Waals surface area contributed by atoms with Crippen LogP contribution in [0.3, 0.4) is 0 Å². The van der Waals surface area contributed by atoms with Gasteiger partial charge in [-0.2, -0.15) is 0 Å². The van der Waals surface area contributed by atoms with Gasteiger partial charge < -0.3 is 11.1 Å². The number of hydroxylamine groups is 1. The Morgan fingerprint density at radius 1 is 1.30 bits per heavy atom. The third-order valence-electron chi connectivity index (χ3n) is 2.78. The topological polar surface area (TPSA) is 104 Å². The van der Waals surface area contributed by atoms with Crippen molar-refractivity contribution in [3.8, 4) is 0 Å². The summed E-state index contributed by atoms with van der Waals surface area (Å²) in [5.41, 5.74) is 4.42. The van der Waals surface area contributed by atoms with E-state index in [1.165, 1.54) is 17.6 Å². The summed E-state index contributed by atoms with van der Waals surface area (Å²) in [7, 11) is 0. The molecule has 0 spiro atoms.